The van der Waals surface area contributed by atoms with Gasteiger partial charge < -0.3 is 9.05 Å². The van der Waals surface area contributed by atoms with Crippen molar-refractivity contribution in [3.63, 3.8) is 0 Å². The Morgan fingerprint density at radius 2 is 1.27 bits per heavy atom. The molecule has 0 aliphatic heterocycles. The van der Waals surface area contributed by atoms with Crippen LogP contribution in [0.15, 0.2) is 47.6 Å². The molecule has 3 aliphatic carbocycles. The van der Waals surface area contributed by atoms with Gasteiger partial charge in [-0.15, -0.1) is 0 Å². The fourth-order valence-corrected chi connectivity index (χ4v) is 9.98. The van der Waals surface area contributed by atoms with Crippen molar-refractivity contribution in [2.75, 3.05) is 0 Å². The average molecular weight is 527 g/mol. The summed E-state index contributed by atoms with van der Waals surface area (Å²) in [6, 6.07) is 10.7. The van der Waals surface area contributed by atoms with Gasteiger partial charge in [0.2, 0.25) is 0 Å². The summed E-state index contributed by atoms with van der Waals surface area (Å²) in [4.78, 5) is 0. The van der Waals surface area contributed by atoms with Crippen molar-refractivity contribution in [3.05, 3.63) is 53.1 Å². The maximum absolute atomic E-state index is 15.9. The first-order valence-corrected chi connectivity index (χ1v) is 16.7. The molecule has 3 nitrogen and oxygen atoms in total. The average Bonchev–Trinajstić information content (AvgIpc) is 2.89. The smallest absolute Gasteiger partial charge is 0.305 e. The van der Waals surface area contributed by atoms with Crippen LogP contribution in [0.4, 0.5) is 0 Å². The highest BCUT2D eigenvalue weighted by atomic mass is 31.2. The fraction of sp³-hybridized carbons (Fsp3) is 0.697. The lowest BCUT2D eigenvalue weighted by Gasteiger charge is -2.50. The minimum atomic E-state index is -3.59. The molecular formula is C33H51O3P. The zero-order chi connectivity index (χ0) is 26.6. The molecule has 0 heterocycles. The van der Waals surface area contributed by atoms with E-state index in [2.05, 4.69) is 78.0 Å². The summed E-state index contributed by atoms with van der Waals surface area (Å²) in [5.74, 6) is 0.777. The molecule has 0 spiro atoms. The quantitative estimate of drug-likeness (QED) is 0.300. The molecule has 0 saturated heterocycles. The number of rotatable bonds is 9. The van der Waals surface area contributed by atoms with Gasteiger partial charge in [0.25, 0.3) is 0 Å². The standard InChI is InChI=1S/C33H51O3P/c1-24(2)28-22-31(25(3)4)32(27-16-10-7-11-17-27)33(23-28,26(5)6)37(34,35-29-18-12-8-13-19-29)36-30-20-14-9-15-21-30/h7,10-11,16-17,22,24-26,29-30H,8-9,12-15,18-21,23H2,1-6H3. The maximum atomic E-state index is 15.9. The van der Waals surface area contributed by atoms with Crippen molar-refractivity contribution >= 4 is 13.2 Å². The lowest BCUT2D eigenvalue weighted by Crippen LogP contribution is -2.43. The third-order valence-electron chi connectivity index (χ3n) is 9.09. The van der Waals surface area contributed by atoms with Crippen LogP contribution in [0.2, 0.25) is 0 Å². The van der Waals surface area contributed by atoms with Crippen LogP contribution in [-0.4, -0.2) is 17.4 Å². The zero-order valence-corrected chi connectivity index (χ0v) is 25.2. The van der Waals surface area contributed by atoms with Crippen LogP contribution in [0.5, 0.6) is 0 Å². The van der Waals surface area contributed by atoms with Crippen LogP contribution >= 0.6 is 7.60 Å². The molecule has 37 heavy (non-hydrogen) atoms. The summed E-state index contributed by atoms with van der Waals surface area (Å²) in [7, 11) is -3.59. The lowest BCUT2D eigenvalue weighted by molar-refractivity contribution is 0.0673. The molecule has 1 aromatic rings. The molecule has 3 aliphatic rings. The van der Waals surface area contributed by atoms with Gasteiger partial charge in [0.05, 0.1) is 12.2 Å². The number of hydrogen-bond acceptors (Lipinski definition) is 3. The summed E-state index contributed by atoms with van der Waals surface area (Å²) < 4.78 is 29.8. The van der Waals surface area contributed by atoms with Crippen LogP contribution in [0.25, 0.3) is 5.57 Å². The van der Waals surface area contributed by atoms with Crippen LogP contribution < -0.4 is 0 Å². The molecule has 4 heteroatoms. The van der Waals surface area contributed by atoms with Crippen molar-refractivity contribution < 1.29 is 13.6 Å². The summed E-state index contributed by atoms with van der Waals surface area (Å²) in [5, 5.41) is -0.711. The number of hydrogen-bond donors (Lipinski definition) is 0. The summed E-state index contributed by atoms with van der Waals surface area (Å²) in [6.07, 6.45) is 14.2. The highest BCUT2D eigenvalue weighted by molar-refractivity contribution is 7.56. The Labute approximate surface area is 227 Å². The summed E-state index contributed by atoms with van der Waals surface area (Å²) in [5.41, 5.74) is 5.04. The predicted octanol–water partition coefficient (Wildman–Crippen LogP) is 10.4. The molecule has 2 saturated carbocycles. The second-order valence-corrected chi connectivity index (χ2v) is 14.9. The number of allylic oxidation sites excluding steroid dienone is 4. The topological polar surface area (TPSA) is 35.5 Å². The monoisotopic (exact) mass is 526 g/mol. The highest BCUT2D eigenvalue weighted by Crippen LogP contribution is 2.73. The van der Waals surface area contributed by atoms with Crippen molar-refractivity contribution in [2.45, 2.75) is 130 Å². The van der Waals surface area contributed by atoms with E-state index in [1.807, 2.05) is 0 Å². The maximum Gasteiger partial charge on any atom is 0.342 e. The van der Waals surface area contributed by atoms with Gasteiger partial charge in [-0.3, -0.25) is 4.57 Å². The Morgan fingerprint density at radius 3 is 1.70 bits per heavy atom. The van der Waals surface area contributed by atoms with E-state index in [0.29, 0.717) is 11.8 Å². The third-order valence-corrected chi connectivity index (χ3v) is 12.1. The molecule has 1 atom stereocenters. The van der Waals surface area contributed by atoms with Gasteiger partial charge in [-0.25, -0.2) is 0 Å². The van der Waals surface area contributed by atoms with Crippen molar-refractivity contribution in [1.82, 2.24) is 0 Å². The first-order chi connectivity index (χ1) is 17.7. The largest absolute Gasteiger partial charge is 0.342 e. The molecular weight excluding hydrogens is 475 g/mol. The molecule has 4 rings (SSSR count). The second-order valence-electron chi connectivity index (χ2n) is 12.7. The molecule has 0 bridgehead atoms. The fourth-order valence-electron chi connectivity index (χ4n) is 6.81. The Morgan fingerprint density at radius 1 is 0.757 bits per heavy atom. The second kappa shape index (κ2) is 12.4. The molecule has 1 unspecified atom stereocenters. The van der Waals surface area contributed by atoms with E-state index in [1.54, 1.807) is 0 Å². The van der Waals surface area contributed by atoms with E-state index in [9.17, 15) is 0 Å². The zero-order valence-electron chi connectivity index (χ0n) is 24.3. The first-order valence-electron chi connectivity index (χ1n) is 15.2. The van der Waals surface area contributed by atoms with E-state index < -0.39 is 12.8 Å². The SMILES string of the molecule is CC(C)C1=CC(C(C)C)=C(c2ccccc2)C(C(C)C)(P(=O)(OC2CCCCC2)OC2CCCCC2)C1. The van der Waals surface area contributed by atoms with Gasteiger partial charge in [-0.05, 0) is 66.6 Å². The van der Waals surface area contributed by atoms with Crippen molar-refractivity contribution in [2.24, 2.45) is 17.8 Å². The summed E-state index contributed by atoms with van der Waals surface area (Å²) >= 11 is 0. The van der Waals surface area contributed by atoms with Crippen LogP contribution in [-0.2, 0) is 13.6 Å². The van der Waals surface area contributed by atoms with Gasteiger partial charge in [0, 0.05) is 0 Å². The van der Waals surface area contributed by atoms with Gasteiger partial charge >= 0.3 is 7.60 Å². The third kappa shape index (κ3) is 6.05. The Balaban J connectivity index is 1.96. The van der Waals surface area contributed by atoms with E-state index in [0.717, 1.165) is 57.8 Å². The molecule has 0 amide bonds. The van der Waals surface area contributed by atoms with Crippen molar-refractivity contribution in [1.29, 1.82) is 0 Å². The predicted molar refractivity (Wildman–Crippen MR) is 157 cm³/mol. The Bertz CT molecular complexity index is 970. The first kappa shape index (κ1) is 28.8. The molecule has 0 radical (unpaired) electrons. The highest BCUT2D eigenvalue weighted by Gasteiger charge is 2.59. The van der Waals surface area contributed by atoms with E-state index in [-0.39, 0.29) is 18.1 Å². The Kier molecular flexibility index (Phi) is 9.63. The molecule has 206 valence electrons. The minimum absolute atomic E-state index is 0.0201. The van der Waals surface area contributed by atoms with Crippen LogP contribution in [0.3, 0.4) is 0 Å². The van der Waals surface area contributed by atoms with Gasteiger partial charge in [0.15, 0.2) is 0 Å². The normalized spacial score (nSPS) is 24.8. The molecule has 1 aromatic carbocycles. The molecule has 2 fully saturated rings. The molecule has 0 N–H and O–H groups in total. The molecule has 0 aromatic heterocycles. The van der Waals surface area contributed by atoms with E-state index in [1.165, 1.54) is 35.1 Å². The van der Waals surface area contributed by atoms with Gasteiger partial charge in [-0.2, -0.15) is 0 Å². The lowest BCUT2D eigenvalue weighted by atomic mass is 9.70. The number of benzene rings is 1. The minimum Gasteiger partial charge on any atom is -0.305 e. The van der Waals surface area contributed by atoms with Gasteiger partial charge in [-0.1, -0.05) is 122 Å². The van der Waals surface area contributed by atoms with Crippen molar-refractivity contribution in [3.8, 4) is 0 Å². The van der Waals surface area contributed by atoms with Crippen LogP contribution in [0.1, 0.15) is 118 Å². The van der Waals surface area contributed by atoms with Crippen LogP contribution in [0, 0.1) is 17.8 Å². The van der Waals surface area contributed by atoms with E-state index >= 15 is 4.57 Å². The van der Waals surface area contributed by atoms with Gasteiger partial charge in [0.1, 0.15) is 5.16 Å². The van der Waals surface area contributed by atoms with E-state index in [4.69, 9.17) is 9.05 Å². The summed E-state index contributed by atoms with van der Waals surface area (Å²) in [6.45, 7) is 13.6. The Hall–Kier alpha value is -1.15.